The number of para-hydroxylation sites is 1. The number of nitrogens with zero attached hydrogens (tertiary/aromatic N) is 3. The summed E-state index contributed by atoms with van der Waals surface area (Å²) in [7, 11) is 0. The molecule has 3 rings (SSSR count). The molecule has 2 aromatic heterocycles. The van der Waals surface area contributed by atoms with Gasteiger partial charge >= 0.3 is 0 Å². The van der Waals surface area contributed by atoms with E-state index in [0.29, 0.717) is 16.1 Å². The van der Waals surface area contributed by atoms with E-state index < -0.39 is 0 Å². The van der Waals surface area contributed by atoms with Crippen LogP contribution in [0.1, 0.15) is 18.9 Å². The van der Waals surface area contributed by atoms with Gasteiger partial charge in [-0.05, 0) is 18.6 Å². The normalized spacial score (nSPS) is 11.0. The molecule has 0 saturated heterocycles. The van der Waals surface area contributed by atoms with Crippen LogP contribution in [-0.4, -0.2) is 15.0 Å². The summed E-state index contributed by atoms with van der Waals surface area (Å²) in [6, 6.07) is 9.73. The van der Waals surface area contributed by atoms with Gasteiger partial charge in [0, 0.05) is 22.7 Å². The van der Waals surface area contributed by atoms with E-state index in [2.05, 4.69) is 21.9 Å². The van der Waals surface area contributed by atoms with Gasteiger partial charge in [0.05, 0.1) is 5.52 Å². The van der Waals surface area contributed by atoms with Crippen LogP contribution in [0.25, 0.3) is 22.3 Å². The zero-order valence-corrected chi connectivity index (χ0v) is 13.0. The van der Waals surface area contributed by atoms with Gasteiger partial charge in [0.15, 0.2) is 5.82 Å². The van der Waals surface area contributed by atoms with E-state index >= 15 is 0 Å². The van der Waals surface area contributed by atoms with Gasteiger partial charge in [0.2, 0.25) is 0 Å². The predicted octanol–water partition coefficient (Wildman–Crippen LogP) is 4.95. The summed E-state index contributed by atoms with van der Waals surface area (Å²) in [6.45, 7) is 2.07. The first kappa shape index (κ1) is 14.2. The Kier molecular flexibility index (Phi) is 4.04. The number of fused-ring (bicyclic) bond motifs is 1. The lowest BCUT2D eigenvalue weighted by atomic mass is 10.1. The van der Waals surface area contributed by atoms with Crippen molar-refractivity contribution in [3.8, 4) is 11.4 Å². The van der Waals surface area contributed by atoms with E-state index in [-0.39, 0.29) is 0 Å². The van der Waals surface area contributed by atoms with Gasteiger partial charge in [-0.15, -0.1) is 0 Å². The quantitative estimate of drug-likeness (QED) is 0.641. The second kappa shape index (κ2) is 5.96. The highest BCUT2D eigenvalue weighted by Gasteiger charge is 2.14. The summed E-state index contributed by atoms with van der Waals surface area (Å²) < 4.78 is 0. The monoisotopic (exact) mass is 317 g/mol. The van der Waals surface area contributed by atoms with Crippen molar-refractivity contribution in [2.75, 3.05) is 0 Å². The second-order valence-corrected chi connectivity index (χ2v) is 5.45. The van der Waals surface area contributed by atoms with Gasteiger partial charge in [-0.2, -0.15) is 0 Å². The maximum absolute atomic E-state index is 6.26. The van der Waals surface area contributed by atoms with Crippen molar-refractivity contribution in [1.29, 1.82) is 0 Å². The van der Waals surface area contributed by atoms with Crippen LogP contribution in [0.4, 0.5) is 0 Å². The highest BCUT2D eigenvalue weighted by atomic mass is 35.5. The van der Waals surface area contributed by atoms with E-state index in [9.17, 15) is 0 Å². The van der Waals surface area contributed by atoms with Crippen LogP contribution in [0, 0.1) is 0 Å². The molecule has 2 heterocycles. The molecule has 1 aromatic carbocycles. The van der Waals surface area contributed by atoms with Crippen LogP contribution in [0.15, 0.2) is 36.5 Å². The standard InChI is InChI=1S/C16H13Cl2N3/c1-2-5-12-14(17)20-16(21-15(12)18)11-8-9-19-13-7-4-3-6-10(11)13/h3-4,6-9H,2,5H2,1H3. The van der Waals surface area contributed by atoms with Crippen molar-refractivity contribution in [2.45, 2.75) is 19.8 Å². The third-order valence-electron chi connectivity index (χ3n) is 3.30. The number of benzene rings is 1. The summed E-state index contributed by atoms with van der Waals surface area (Å²) in [5, 5.41) is 1.83. The molecule has 5 heteroatoms. The van der Waals surface area contributed by atoms with E-state index in [4.69, 9.17) is 23.2 Å². The Bertz CT molecular complexity index is 774. The van der Waals surface area contributed by atoms with Gasteiger partial charge < -0.3 is 0 Å². The van der Waals surface area contributed by atoms with Crippen molar-refractivity contribution in [2.24, 2.45) is 0 Å². The molecule has 0 spiro atoms. The second-order valence-electron chi connectivity index (χ2n) is 4.73. The molecule has 0 unspecified atom stereocenters. The summed E-state index contributed by atoms with van der Waals surface area (Å²) in [4.78, 5) is 13.2. The minimum Gasteiger partial charge on any atom is -0.256 e. The summed E-state index contributed by atoms with van der Waals surface area (Å²) in [6.07, 6.45) is 3.46. The molecule has 106 valence electrons. The fraction of sp³-hybridized carbons (Fsp3) is 0.188. The molecule has 0 fully saturated rings. The van der Waals surface area contributed by atoms with E-state index in [1.807, 2.05) is 30.3 Å². The van der Waals surface area contributed by atoms with Crippen LogP contribution in [0.3, 0.4) is 0 Å². The van der Waals surface area contributed by atoms with Crippen molar-refractivity contribution in [3.05, 3.63) is 52.4 Å². The molecule has 3 nitrogen and oxygen atoms in total. The molecule has 0 N–H and O–H groups in total. The molecule has 0 atom stereocenters. The smallest absolute Gasteiger partial charge is 0.163 e. The lowest BCUT2D eigenvalue weighted by molar-refractivity contribution is 0.903. The van der Waals surface area contributed by atoms with Crippen LogP contribution in [0.2, 0.25) is 10.3 Å². The topological polar surface area (TPSA) is 38.7 Å². The van der Waals surface area contributed by atoms with Gasteiger partial charge in [-0.25, -0.2) is 9.97 Å². The average Bonchev–Trinajstić information content (AvgIpc) is 2.50. The van der Waals surface area contributed by atoms with Crippen LogP contribution >= 0.6 is 23.2 Å². The Morgan fingerprint density at radius 3 is 2.43 bits per heavy atom. The molecule has 21 heavy (non-hydrogen) atoms. The van der Waals surface area contributed by atoms with E-state index in [1.165, 1.54) is 0 Å². The molecule has 0 aliphatic carbocycles. The maximum Gasteiger partial charge on any atom is 0.163 e. The molecule has 0 aliphatic heterocycles. The molecule has 0 saturated carbocycles. The minimum absolute atomic E-state index is 0.424. The molecule has 0 amide bonds. The predicted molar refractivity (Wildman–Crippen MR) is 86.8 cm³/mol. The fourth-order valence-corrected chi connectivity index (χ4v) is 2.88. The molecular weight excluding hydrogens is 305 g/mol. The van der Waals surface area contributed by atoms with Crippen molar-refractivity contribution in [3.63, 3.8) is 0 Å². The Morgan fingerprint density at radius 2 is 1.71 bits per heavy atom. The van der Waals surface area contributed by atoms with Gasteiger partial charge in [0.25, 0.3) is 0 Å². The first-order valence-electron chi connectivity index (χ1n) is 6.76. The summed E-state index contributed by atoms with van der Waals surface area (Å²) in [5.41, 5.74) is 2.58. The van der Waals surface area contributed by atoms with E-state index in [0.717, 1.165) is 34.9 Å². The number of pyridine rings is 1. The Labute approximate surface area is 133 Å². The lowest BCUT2D eigenvalue weighted by Gasteiger charge is -2.09. The van der Waals surface area contributed by atoms with Crippen LogP contribution in [-0.2, 0) is 6.42 Å². The minimum atomic E-state index is 0.424. The summed E-state index contributed by atoms with van der Waals surface area (Å²) >= 11 is 12.5. The van der Waals surface area contributed by atoms with Crippen molar-refractivity contribution in [1.82, 2.24) is 15.0 Å². The Hall–Kier alpha value is -1.71. The highest BCUT2D eigenvalue weighted by molar-refractivity contribution is 6.34. The first-order chi connectivity index (χ1) is 10.2. The summed E-state index contributed by atoms with van der Waals surface area (Å²) in [5.74, 6) is 0.531. The number of aromatic nitrogens is 3. The van der Waals surface area contributed by atoms with Gasteiger partial charge in [0.1, 0.15) is 10.3 Å². The van der Waals surface area contributed by atoms with Crippen LogP contribution in [0.5, 0.6) is 0 Å². The fourth-order valence-electron chi connectivity index (χ4n) is 2.30. The largest absolute Gasteiger partial charge is 0.256 e. The lowest BCUT2D eigenvalue weighted by Crippen LogP contribution is -1.98. The third kappa shape index (κ3) is 2.71. The number of rotatable bonds is 3. The Morgan fingerprint density at radius 1 is 1.00 bits per heavy atom. The van der Waals surface area contributed by atoms with Gasteiger partial charge in [-0.1, -0.05) is 54.7 Å². The first-order valence-corrected chi connectivity index (χ1v) is 7.52. The number of halogens is 2. The van der Waals surface area contributed by atoms with Crippen molar-refractivity contribution >= 4 is 34.1 Å². The molecule has 3 aromatic rings. The average molecular weight is 318 g/mol. The van der Waals surface area contributed by atoms with E-state index in [1.54, 1.807) is 6.20 Å². The molecular formula is C16H13Cl2N3. The molecule has 0 aliphatic rings. The third-order valence-corrected chi connectivity index (χ3v) is 3.92. The molecule has 0 radical (unpaired) electrons. The number of hydrogen-bond acceptors (Lipinski definition) is 3. The SMILES string of the molecule is CCCc1c(Cl)nc(-c2ccnc3ccccc23)nc1Cl. The van der Waals surface area contributed by atoms with Gasteiger partial charge in [-0.3, -0.25) is 4.98 Å². The maximum atomic E-state index is 6.26. The number of hydrogen-bond donors (Lipinski definition) is 0. The Balaban J connectivity index is 2.20. The highest BCUT2D eigenvalue weighted by Crippen LogP contribution is 2.29. The van der Waals surface area contributed by atoms with Crippen LogP contribution < -0.4 is 0 Å². The van der Waals surface area contributed by atoms with Crippen molar-refractivity contribution < 1.29 is 0 Å². The zero-order valence-electron chi connectivity index (χ0n) is 11.5. The molecule has 0 bridgehead atoms. The zero-order chi connectivity index (χ0) is 14.8.